The van der Waals surface area contributed by atoms with Crippen molar-refractivity contribution in [1.82, 2.24) is 0 Å². The van der Waals surface area contributed by atoms with Crippen molar-refractivity contribution in [2.45, 2.75) is 0 Å². The highest BCUT2D eigenvalue weighted by Gasteiger charge is 2.03. The average molecular weight is 186 g/mol. The second-order valence-electron chi connectivity index (χ2n) is 0.432. The molecule has 0 aromatic rings. The number of hydrogen-bond donors (Lipinski definition) is 3. The van der Waals surface area contributed by atoms with Crippen LogP contribution in [0.25, 0.3) is 0 Å². The van der Waals surface area contributed by atoms with Gasteiger partial charge >= 0.3 is 7.32 Å². The van der Waals surface area contributed by atoms with E-state index in [0.717, 1.165) is 0 Å². The molecule has 0 atom stereocenters. The van der Waals surface area contributed by atoms with Gasteiger partial charge in [-0.05, 0) is 0 Å². The summed E-state index contributed by atoms with van der Waals surface area (Å²) in [6.07, 6.45) is 0. The molecule has 0 radical (unpaired) electrons. The van der Waals surface area contributed by atoms with Gasteiger partial charge in [-0.25, -0.2) is 4.81 Å². The predicted molar refractivity (Wildman–Crippen MR) is 35.6 cm³/mol. The highest BCUT2D eigenvalue weighted by atomic mass is 17.1. The molecule has 0 bridgehead atoms. The summed E-state index contributed by atoms with van der Waals surface area (Å²) in [5.74, 6) is 0. The standard InChI is InChI=1S/BH3O4.6H2O/c2-1(3)5-4;;;;;;/h2-4H;6*1H2. The van der Waals surface area contributed by atoms with E-state index in [4.69, 9.17) is 15.3 Å². The Kier molecular flexibility index (Phi) is 364. The van der Waals surface area contributed by atoms with E-state index >= 15 is 0 Å². The van der Waals surface area contributed by atoms with Crippen LogP contribution >= 0.6 is 0 Å². The van der Waals surface area contributed by atoms with E-state index in [1.54, 1.807) is 0 Å². The molecule has 15 N–H and O–H groups in total. The van der Waals surface area contributed by atoms with Crippen molar-refractivity contribution in [2.75, 3.05) is 0 Å². The van der Waals surface area contributed by atoms with Crippen molar-refractivity contribution in [3.8, 4) is 0 Å². The molecule has 11 heavy (non-hydrogen) atoms. The van der Waals surface area contributed by atoms with Crippen LogP contribution in [0.2, 0.25) is 0 Å². The van der Waals surface area contributed by atoms with Gasteiger partial charge in [-0.3, -0.25) is 5.26 Å². The lowest BCUT2D eigenvalue weighted by atomic mass is 10.3. The first-order valence-corrected chi connectivity index (χ1v) is 0.935. The minimum atomic E-state index is -2.06. The number of rotatable bonds is 1. The molecular formula is H15BO10. The summed E-state index contributed by atoms with van der Waals surface area (Å²) in [6, 6.07) is 0. The van der Waals surface area contributed by atoms with Crippen LogP contribution in [0.3, 0.4) is 0 Å². The smallest absolute Gasteiger partial charge is 0.412 e. The van der Waals surface area contributed by atoms with Crippen molar-refractivity contribution in [2.24, 2.45) is 0 Å². The van der Waals surface area contributed by atoms with E-state index in [1.807, 2.05) is 0 Å². The summed E-state index contributed by atoms with van der Waals surface area (Å²) in [5.41, 5.74) is 0. The van der Waals surface area contributed by atoms with Gasteiger partial charge in [0.1, 0.15) is 0 Å². The van der Waals surface area contributed by atoms with Crippen LogP contribution < -0.4 is 0 Å². The van der Waals surface area contributed by atoms with Gasteiger partial charge in [-0.15, -0.1) is 0 Å². The van der Waals surface area contributed by atoms with E-state index in [9.17, 15) is 0 Å². The molecule has 0 saturated carbocycles. The first-order chi connectivity index (χ1) is 2.27. The second kappa shape index (κ2) is 54.0. The Labute approximate surface area is 61.6 Å². The summed E-state index contributed by atoms with van der Waals surface area (Å²) < 4.78 is 0. The third kappa shape index (κ3) is 205. The number of hydrogen-bond acceptors (Lipinski definition) is 4. The molecule has 0 saturated heterocycles. The highest BCUT2D eigenvalue weighted by molar-refractivity contribution is 6.32. The molecule has 0 aliphatic rings. The van der Waals surface area contributed by atoms with Gasteiger partial charge < -0.3 is 42.9 Å². The highest BCUT2D eigenvalue weighted by Crippen LogP contribution is 1.58. The molecule has 0 spiro atoms. The van der Waals surface area contributed by atoms with E-state index < -0.39 is 7.32 Å². The van der Waals surface area contributed by atoms with Crippen LogP contribution in [-0.2, 0) is 4.81 Å². The van der Waals surface area contributed by atoms with Crippen molar-refractivity contribution in [3.05, 3.63) is 0 Å². The quantitative estimate of drug-likeness (QED) is 0.204. The fraction of sp³-hybridized carbons (Fsp3) is 0. The second-order valence-corrected chi connectivity index (χ2v) is 0.432. The van der Waals surface area contributed by atoms with E-state index in [0.29, 0.717) is 0 Å². The molecule has 0 heterocycles. The molecule has 0 unspecified atom stereocenters. The summed E-state index contributed by atoms with van der Waals surface area (Å²) in [7, 11) is -2.06. The van der Waals surface area contributed by atoms with Crippen LogP contribution in [-0.4, -0.2) is 55.5 Å². The maximum atomic E-state index is 7.44. The maximum Gasteiger partial charge on any atom is 0.662 e. The minimum absolute atomic E-state index is 0. The van der Waals surface area contributed by atoms with Crippen LogP contribution in [0, 0.1) is 0 Å². The molecule has 10 nitrogen and oxygen atoms in total. The van der Waals surface area contributed by atoms with E-state index in [2.05, 4.69) is 4.81 Å². The summed E-state index contributed by atoms with van der Waals surface area (Å²) in [4.78, 5) is 2.86. The lowest BCUT2D eigenvalue weighted by molar-refractivity contribution is -0.173. The van der Waals surface area contributed by atoms with Crippen LogP contribution in [0.4, 0.5) is 0 Å². The largest absolute Gasteiger partial charge is 0.662 e. The Balaban J connectivity index is -0.00000000533. The Morgan fingerprint density at radius 2 is 0.818 bits per heavy atom. The molecule has 0 fully saturated rings. The molecule has 0 aliphatic carbocycles. The normalized spacial score (nSPS) is 3.55. The molecular weight excluding hydrogens is 171 g/mol. The van der Waals surface area contributed by atoms with Crippen LogP contribution in [0.15, 0.2) is 0 Å². The molecule has 78 valence electrons. The maximum absolute atomic E-state index is 7.44. The minimum Gasteiger partial charge on any atom is -0.412 e. The van der Waals surface area contributed by atoms with Gasteiger partial charge in [0, 0.05) is 0 Å². The Bertz CT molecular complexity index is 18.8. The van der Waals surface area contributed by atoms with Gasteiger partial charge in [0.05, 0.1) is 0 Å². The summed E-state index contributed by atoms with van der Waals surface area (Å²) in [6.45, 7) is 0. The zero-order valence-corrected chi connectivity index (χ0v) is 5.33. The predicted octanol–water partition coefficient (Wildman–Crippen LogP) is -6.50. The first-order valence-electron chi connectivity index (χ1n) is 0.935. The first kappa shape index (κ1) is 74.2. The van der Waals surface area contributed by atoms with Crippen molar-refractivity contribution < 1.29 is 53.0 Å². The third-order valence-corrected chi connectivity index (χ3v) is 0.0943. The SMILES string of the molecule is O.O.O.O.O.O.OOB(O)O. The monoisotopic (exact) mass is 186 g/mol. The van der Waals surface area contributed by atoms with Gasteiger partial charge in [-0.2, -0.15) is 0 Å². The van der Waals surface area contributed by atoms with Gasteiger partial charge in [0.25, 0.3) is 0 Å². The summed E-state index contributed by atoms with van der Waals surface area (Å²) in [5, 5.41) is 22.0. The third-order valence-electron chi connectivity index (χ3n) is 0.0943. The zero-order chi connectivity index (χ0) is 4.28. The summed E-state index contributed by atoms with van der Waals surface area (Å²) >= 11 is 0. The van der Waals surface area contributed by atoms with Crippen LogP contribution in [0.1, 0.15) is 0 Å². The molecule has 0 aromatic carbocycles. The lowest BCUT2D eigenvalue weighted by Gasteiger charge is -1.82. The zero-order valence-electron chi connectivity index (χ0n) is 5.33. The Hall–Kier alpha value is -0.335. The van der Waals surface area contributed by atoms with Crippen molar-refractivity contribution in [1.29, 1.82) is 0 Å². The molecule has 0 amide bonds. The lowest BCUT2D eigenvalue weighted by Crippen LogP contribution is -2.13. The Morgan fingerprint density at radius 1 is 0.727 bits per heavy atom. The topological polar surface area (TPSA) is 259 Å². The fourth-order valence-electron chi connectivity index (χ4n) is 0. The van der Waals surface area contributed by atoms with Crippen molar-refractivity contribution in [3.63, 3.8) is 0 Å². The van der Waals surface area contributed by atoms with Gasteiger partial charge in [0.15, 0.2) is 0 Å². The Morgan fingerprint density at radius 3 is 0.818 bits per heavy atom. The van der Waals surface area contributed by atoms with Gasteiger partial charge in [0.2, 0.25) is 0 Å². The van der Waals surface area contributed by atoms with E-state index in [-0.39, 0.29) is 32.9 Å². The molecule has 11 heteroatoms. The van der Waals surface area contributed by atoms with Crippen LogP contribution in [0.5, 0.6) is 0 Å². The molecule has 0 rings (SSSR count). The fourth-order valence-corrected chi connectivity index (χ4v) is 0. The van der Waals surface area contributed by atoms with Crippen molar-refractivity contribution >= 4 is 7.32 Å². The molecule has 0 aliphatic heterocycles. The van der Waals surface area contributed by atoms with Gasteiger partial charge in [-0.1, -0.05) is 0 Å². The van der Waals surface area contributed by atoms with E-state index in [1.165, 1.54) is 0 Å². The average Bonchev–Trinajstić information content (AvgIpc) is 1.38. The molecule has 0 aromatic heterocycles.